The number of sulfonamides is 1. The highest BCUT2D eigenvalue weighted by molar-refractivity contribution is 7.89. The molecule has 10 heteroatoms. The van der Waals surface area contributed by atoms with Crippen LogP contribution in [0.5, 0.6) is 0 Å². The third-order valence-corrected chi connectivity index (χ3v) is 7.38. The van der Waals surface area contributed by atoms with E-state index >= 15 is 0 Å². The molecule has 2 heterocycles. The van der Waals surface area contributed by atoms with Gasteiger partial charge in [0, 0.05) is 31.0 Å². The van der Waals surface area contributed by atoms with Crippen LogP contribution in [-0.4, -0.2) is 46.8 Å². The highest BCUT2D eigenvalue weighted by Crippen LogP contribution is 2.24. The van der Waals surface area contributed by atoms with Gasteiger partial charge in [-0.1, -0.05) is 41.9 Å². The molecule has 4 rings (SSSR count). The van der Waals surface area contributed by atoms with Crippen LogP contribution in [0.2, 0.25) is 5.02 Å². The van der Waals surface area contributed by atoms with Crippen LogP contribution in [-0.2, 0) is 27.8 Å². The highest BCUT2D eigenvalue weighted by atomic mass is 35.5. The number of benzene rings is 2. The van der Waals surface area contributed by atoms with Gasteiger partial charge < -0.3 is 4.57 Å². The number of hydrogen-bond donors (Lipinski definition) is 1. The summed E-state index contributed by atoms with van der Waals surface area (Å²) in [5.74, 6) is -0.150. The van der Waals surface area contributed by atoms with Gasteiger partial charge in [0.25, 0.3) is 0 Å². The molecule has 2 aromatic carbocycles. The topological polar surface area (TPSA) is 97.2 Å². The van der Waals surface area contributed by atoms with Gasteiger partial charge >= 0.3 is 0 Å². The summed E-state index contributed by atoms with van der Waals surface area (Å²) in [7, 11) is -2.49. The lowest BCUT2D eigenvalue weighted by molar-refractivity contribution is -0.116. The number of halogens is 1. The van der Waals surface area contributed by atoms with Crippen molar-refractivity contribution in [3.8, 4) is 0 Å². The smallest absolute Gasteiger partial charge is 0.244 e. The number of imidazole rings is 1. The molecule has 0 saturated carbocycles. The number of rotatable bonds is 9. The van der Waals surface area contributed by atoms with Crippen molar-refractivity contribution in [1.82, 2.24) is 18.8 Å². The number of aromatic nitrogens is 3. The van der Waals surface area contributed by atoms with Crippen LogP contribution < -0.4 is 5.32 Å². The quantitative estimate of drug-likeness (QED) is 0.377. The number of hydrogen-bond acceptors (Lipinski definition) is 5. The van der Waals surface area contributed by atoms with Gasteiger partial charge in [-0.25, -0.2) is 13.4 Å². The van der Waals surface area contributed by atoms with Gasteiger partial charge in [-0.15, -0.1) is 0 Å². The maximum Gasteiger partial charge on any atom is 0.244 e. The van der Waals surface area contributed by atoms with E-state index in [0.717, 1.165) is 22.7 Å². The molecule has 0 spiro atoms. The third-order valence-electron chi connectivity index (χ3n) is 5.36. The minimum atomic E-state index is -3.85. The monoisotopic (exact) mass is 497 g/mol. The maximum atomic E-state index is 12.8. The van der Waals surface area contributed by atoms with E-state index in [1.165, 1.54) is 37.1 Å². The first kappa shape index (κ1) is 23.9. The molecular formula is C24H24ClN5O3S. The summed E-state index contributed by atoms with van der Waals surface area (Å²) in [6.07, 6.45) is 4.43. The first-order chi connectivity index (χ1) is 16.3. The second-order valence-electron chi connectivity index (χ2n) is 7.81. The molecule has 0 saturated heterocycles. The molecule has 176 valence electrons. The van der Waals surface area contributed by atoms with Crippen LogP contribution in [0.1, 0.15) is 12.0 Å². The van der Waals surface area contributed by atoms with Gasteiger partial charge in [-0.3, -0.25) is 15.1 Å². The molecule has 0 aliphatic heterocycles. The first-order valence-corrected chi connectivity index (χ1v) is 12.5. The van der Waals surface area contributed by atoms with E-state index in [4.69, 9.17) is 11.6 Å². The van der Waals surface area contributed by atoms with Crippen LogP contribution >= 0.6 is 11.6 Å². The molecule has 0 radical (unpaired) electrons. The molecule has 8 nitrogen and oxygen atoms in total. The van der Waals surface area contributed by atoms with Crippen LogP contribution in [0.4, 0.5) is 5.95 Å². The Bertz CT molecular complexity index is 1390. The van der Waals surface area contributed by atoms with Gasteiger partial charge in [-0.05, 0) is 48.7 Å². The summed E-state index contributed by atoms with van der Waals surface area (Å²) in [5.41, 5.74) is 2.71. The van der Waals surface area contributed by atoms with Crippen molar-refractivity contribution in [1.29, 1.82) is 0 Å². The fourth-order valence-electron chi connectivity index (χ4n) is 3.64. The minimum absolute atomic E-state index is 0.0214. The number of pyridine rings is 1. The average Bonchev–Trinajstić information content (AvgIpc) is 3.16. The molecule has 34 heavy (non-hydrogen) atoms. The Labute approximate surface area is 203 Å². The number of likely N-dealkylation sites (N-methyl/N-ethyl adjacent to an activating group) is 1. The molecule has 0 unspecified atom stereocenters. The number of nitrogens with one attached hydrogen (secondary N) is 1. The van der Waals surface area contributed by atoms with Crippen molar-refractivity contribution in [2.45, 2.75) is 24.3 Å². The molecule has 2 aromatic heterocycles. The Morgan fingerprint density at radius 1 is 1.12 bits per heavy atom. The zero-order valence-electron chi connectivity index (χ0n) is 18.6. The van der Waals surface area contributed by atoms with E-state index < -0.39 is 15.9 Å². The molecule has 0 fully saturated rings. The zero-order valence-corrected chi connectivity index (χ0v) is 20.1. The molecule has 0 aliphatic rings. The lowest BCUT2D eigenvalue weighted by Gasteiger charge is -2.17. The molecule has 0 atom stereocenters. The fraction of sp³-hybridized carbons (Fsp3) is 0.208. The number of anilines is 1. The Balaban J connectivity index is 1.51. The summed E-state index contributed by atoms with van der Waals surface area (Å²) in [5, 5.41) is 3.31. The fourth-order valence-corrected chi connectivity index (χ4v) is 4.90. The lowest BCUT2D eigenvalue weighted by atomic mass is 10.1. The molecule has 4 aromatic rings. The largest absolute Gasteiger partial charge is 0.310 e. The summed E-state index contributed by atoms with van der Waals surface area (Å²) < 4.78 is 28.3. The van der Waals surface area contributed by atoms with E-state index in [1.54, 1.807) is 12.1 Å². The van der Waals surface area contributed by atoms with Crippen LogP contribution in [0, 0.1) is 0 Å². The van der Waals surface area contributed by atoms with Crippen molar-refractivity contribution < 1.29 is 13.2 Å². The van der Waals surface area contributed by atoms with Gasteiger partial charge in [0.2, 0.25) is 21.9 Å². The predicted octanol–water partition coefficient (Wildman–Crippen LogP) is 3.98. The first-order valence-electron chi connectivity index (χ1n) is 10.7. The summed E-state index contributed by atoms with van der Waals surface area (Å²) in [4.78, 5) is 21.2. The molecule has 0 bridgehead atoms. The van der Waals surface area contributed by atoms with Crippen molar-refractivity contribution in [2.75, 3.05) is 18.9 Å². The van der Waals surface area contributed by atoms with Crippen molar-refractivity contribution in [3.63, 3.8) is 0 Å². The molecular weight excluding hydrogens is 474 g/mol. The third kappa shape index (κ3) is 5.44. The number of nitrogens with zero attached hydrogens (tertiary/aromatic N) is 4. The number of carbonyl (C=O) groups is 1. The second-order valence-corrected chi connectivity index (χ2v) is 10.3. The minimum Gasteiger partial charge on any atom is -0.310 e. The zero-order chi connectivity index (χ0) is 24.1. The van der Waals surface area contributed by atoms with E-state index in [0.29, 0.717) is 23.0 Å². The predicted molar refractivity (Wildman–Crippen MR) is 132 cm³/mol. The van der Waals surface area contributed by atoms with Crippen LogP contribution in [0.15, 0.2) is 78.0 Å². The second kappa shape index (κ2) is 10.3. The van der Waals surface area contributed by atoms with E-state index in [1.807, 2.05) is 28.8 Å². The number of carbonyl (C=O) groups excluding carboxylic acids is 1. The Hall–Kier alpha value is -3.27. The summed E-state index contributed by atoms with van der Waals surface area (Å²) >= 11 is 6.13. The number of fused-ring (bicyclic) bond motifs is 1. The SMILES string of the molecule is CN(CC(=O)Nc1nc2cc(Cl)ccc2n1CCCc1ccccc1)S(=O)(=O)c1cccnc1. The van der Waals surface area contributed by atoms with Gasteiger partial charge in [0.1, 0.15) is 4.90 Å². The Morgan fingerprint density at radius 2 is 1.91 bits per heavy atom. The normalized spacial score (nSPS) is 11.7. The van der Waals surface area contributed by atoms with Crippen LogP contribution in [0.25, 0.3) is 11.0 Å². The van der Waals surface area contributed by atoms with Crippen molar-refractivity contribution in [3.05, 3.63) is 83.6 Å². The maximum absolute atomic E-state index is 12.8. The van der Waals surface area contributed by atoms with Gasteiger partial charge in [0.15, 0.2) is 0 Å². The van der Waals surface area contributed by atoms with E-state index in [9.17, 15) is 13.2 Å². The van der Waals surface area contributed by atoms with Crippen LogP contribution in [0.3, 0.4) is 0 Å². The lowest BCUT2D eigenvalue weighted by Crippen LogP contribution is -2.35. The number of amides is 1. The van der Waals surface area contributed by atoms with Crippen molar-refractivity contribution in [2.24, 2.45) is 0 Å². The summed E-state index contributed by atoms with van der Waals surface area (Å²) in [6, 6.07) is 18.5. The highest BCUT2D eigenvalue weighted by Gasteiger charge is 2.24. The standard InChI is InChI=1S/C24H24ClN5O3S/c1-29(34(32,33)20-10-5-13-26-16-20)17-23(31)28-24-27-21-15-19(25)11-12-22(21)30(24)14-6-9-18-7-3-2-4-8-18/h2-5,7-8,10-13,15-16H,6,9,14,17H2,1H3,(H,27,28,31). The molecule has 0 aliphatic carbocycles. The van der Waals surface area contributed by atoms with Gasteiger partial charge in [-0.2, -0.15) is 4.31 Å². The summed E-state index contributed by atoms with van der Waals surface area (Å²) in [6.45, 7) is 0.248. The molecule has 1 N–H and O–H groups in total. The van der Waals surface area contributed by atoms with Crippen molar-refractivity contribution >= 4 is 44.5 Å². The van der Waals surface area contributed by atoms with Gasteiger partial charge in [0.05, 0.1) is 17.6 Å². The molecule has 1 amide bonds. The van der Waals surface area contributed by atoms with E-state index in [2.05, 4.69) is 27.4 Å². The number of aryl methyl sites for hydroxylation is 2. The Morgan fingerprint density at radius 3 is 2.65 bits per heavy atom. The Kier molecular flexibility index (Phi) is 7.26. The average molecular weight is 498 g/mol. The van der Waals surface area contributed by atoms with E-state index in [-0.39, 0.29) is 11.4 Å².